The normalized spacial score (nSPS) is 12.4. The molecule has 0 spiro atoms. The fourth-order valence-electron chi connectivity index (χ4n) is 1.12. The number of H-pyrrole nitrogens is 1. The number of aromatic amines is 1. The topological polar surface area (TPSA) is 69.8 Å². The van der Waals surface area contributed by atoms with Crippen molar-refractivity contribution in [1.29, 1.82) is 0 Å². The lowest BCUT2D eigenvalue weighted by atomic mass is 10.2. The Morgan fingerprint density at radius 1 is 1.60 bits per heavy atom. The maximum atomic E-state index is 11.4. The van der Waals surface area contributed by atoms with E-state index in [4.69, 9.17) is 0 Å². The lowest BCUT2D eigenvalue weighted by molar-refractivity contribution is 0.0948. The molecule has 0 fully saturated rings. The zero-order valence-corrected chi connectivity index (χ0v) is 9.21. The van der Waals surface area contributed by atoms with E-state index in [2.05, 4.69) is 34.7 Å². The van der Waals surface area contributed by atoms with Crippen LogP contribution in [-0.2, 0) is 0 Å². The molecule has 0 radical (unpaired) electrons. The first-order chi connectivity index (χ1) is 7.24. The Balaban J connectivity index is 2.13. The van der Waals surface area contributed by atoms with Crippen LogP contribution in [0.4, 0.5) is 0 Å². The molecule has 0 aliphatic rings. The molecular formula is C10H18N4O. The van der Waals surface area contributed by atoms with Crippen molar-refractivity contribution in [2.75, 3.05) is 13.1 Å². The van der Waals surface area contributed by atoms with Gasteiger partial charge in [0.25, 0.3) is 5.91 Å². The number of carbonyl (C=O) groups excluding carboxylic acids is 1. The third kappa shape index (κ3) is 4.12. The molecule has 15 heavy (non-hydrogen) atoms. The van der Waals surface area contributed by atoms with Gasteiger partial charge in [-0.15, -0.1) is 0 Å². The van der Waals surface area contributed by atoms with Crippen molar-refractivity contribution in [2.24, 2.45) is 0 Å². The highest BCUT2D eigenvalue weighted by Crippen LogP contribution is 1.90. The van der Waals surface area contributed by atoms with Gasteiger partial charge in [-0.1, -0.05) is 6.92 Å². The van der Waals surface area contributed by atoms with Crippen LogP contribution in [0.1, 0.15) is 30.8 Å². The Morgan fingerprint density at radius 3 is 3.00 bits per heavy atom. The number of nitrogens with zero attached hydrogens (tertiary/aromatic N) is 1. The van der Waals surface area contributed by atoms with E-state index < -0.39 is 0 Å². The van der Waals surface area contributed by atoms with Crippen LogP contribution in [0.25, 0.3) is 0 Å². The van der Waals surface area contributed by atoms with Gasteiger partial charge in [0.05, 0.1) is 0 Å². The molecule has 84 valence electrons. The molecule has 0 saturated heterocycles. The van der Waals surface area contributed by atoms with Gasteiger partial charge in [-0.3, -0.25) is 9.89 Å². The molecule has 0 aliphatic carbocycles. The molecule has 5 nitrogen and oxygen atoms in total. The maximum Gasteiger partial charge on any atom is 0.269 e. The van der Waals surface area contributed by atoms with Crippen LogP contribution in [0.5, 0.6) is 0 Å². The van der Waals surface area contributed by atoms with Crippen LogP contribution in [-0.4, -0.2) is 35.2 Å². The van der Waals surface area contributed by atoms with Crippen molar-refractivity contribution < 1.29 is 4.79 Å². The summed E-state index contributed by atoms with van der Waals surface area (Å²) in [6.45, 7) is 5.66. The lowest BCUT2D eigenvalue weighted by Crippen LogP contribution is -2.35. The molecular weight excluding hydrogens is 192 g/mol. The Bertz CT molecular complexity index is 284. The minimum absolute atomic E-state index is 0.113. The zero-order chi connectivity index (χ0) is 11.1. The Labute approximate surface area is 89.6 Å². The Hall–Kier alpha value is -1.36. The monoisotopic (exact) mass is 210 g/mol. The fourth-order valence-corrected chi connectivity index (χ4v) is 1.12. The molecule has 0 aromatic carbocycles. The SMILES string of the molecule is CCC(C)NCCNC(=O)c1ccn[nH]1. The van der Waals surface area contributed by atoms with Crippen LogP contribution in [0.2, 0.25) is 0 Å². The summed E-state index contributed by atoms with van der Waals surface area (Å²) in [7, 11) is 0. The van der Waals surface area contributed by atoms with E-state index >= 15 is 0 Å². The molecule has 0 aliphatic heterocycles. The van der Waals surface area contributed by atoms with Gasteiger partial charge in [-0.25, -0.2) is 0 Å². The molecule has 5 heteroatoms. The van der Waals surface area contributed by atoms with Gasteiger partial charge in [0.15, 0.2) is 0 Å². The van der Waals surface area contributed by atoms with Crippen LogP contribution in [0.15, 0.2) is 12.3 Å². The summed E-state index contributed by atoms with van der Waals surface area (Å²) < 4.78 is 0. The molecule has 1 heterocycles. The third-order valence-electron chi connectivity index (χ3n) is 2.26. The summed E-state index contributed by atoms with van der Waals surface area (Å²) in [5.74, 6) is -0.113. The van der Waals surface area contributed by atoms with Crippen LogP contribution in [0.3, 0.4) is 0 Å². The van der Waals surface area contributed by atoms with Gasteiger partial charge in [-0.2, -0.15) is 5.10 Å². The van der Waals surface area contributed by atoms with E-state index in [1.54, 1.807) is 12.3 Å². The zero-order valence-electron chi connectivity index (χ0n) is 9.21. The standard InChI is InChI=1S/C10H18N4O/c1-3-8(2)11-6-7-12-10(15)9-4-5-13-14-9/h4-5,8,11H,3,6-7H2,1-2H3,(H,12,15)(H,13,14). The smallest absolute Gasteiger partial charge is 0.269 e. The molecule has 1 atom stereocenters. The van der Waals surface area contributed by atoms with Gasteiger partial charge in [0.1, 0.15) is 5.69 Å². The van der Waals surface area contributed by atoms with Crippen LogP contribution < -0.4 is 10.6 Å². The number of aromatic nitrogens is 2. The van der Waals surface area contributed by atoms with Gasteiger partial charge in [-0.05, 0) is 19.4 Å². The summed E-state index contributed by atoms with van der Waals surface area (Å²) in [5.41, 5.74) is 0.499. The average Bonchev–Trinajstić information content (AvgIpc) is 2.77. The second-order valence-corrected chi connectivity index (χ2v) is 3.49. The molecule has 0 saturated carbocycles. The van der Waals surface area contributed by atoms with E-state index in [0.717, 1.165) is 13.0 Å². The van der Waals surface area contributed by atoms with Crippen molar-refractivity contribution in [3.8, 4) is 0 Å². The first-order valence-electron chi connectivity index (χ1n) is 5.25. The van der Waals surface area contributed by atoms with Crippen molar-refractivity contribution >= 4 is 5.91 Å². The average molecular weight is 210 g/mol. The molecule has 3 N–H and O–H groups in total. The Morgan fingerprint density at radius 2 is 2.40 bits per heavy atom. The lowest BCUT2D eigenvalue weighted by Gasteiger charge is -2.11. The minimum atomic E-state index is -0.113. The number of rotatable bonds is 6. The van der Waals surface area contributed by atoms with Gasteiger partial charge < -0.3 is 10.6 Å². The second kappa shape index (κ2) is 6.19. The van der Waals surface area contributed by atoms with Crippen molar-refractivity contribution in [1.82, 2.24) is 20.8 Å². The highest BCUT2D eigenvalue weighted by molar-refractivity contribution is 5.92. The van der Waals surface area contributed by atoms with Crippen molar-refractivity contribution in [3.63, 3.8) is 0 Å². The quantitative estimate of drug-likeness (QED) is 0.600. The van der Waals surface area contributed by atoms with Gasteiger partial charge in [0.2, 0.25) is 0 Å². The molecule has 1 amide bonds. The molecule has 1 rings (SSSR count). The van der Waals surface area contributed by atoms with Crippen LogP contribution in [0, 0.1) is 0 Å². The summed E-state index contributed by atoms with van der Waals surface area (Å²) >= 11 is 0. The summed E-state index contributed by atoms with van der Waals surface area (Å²) in [6, 6.07) is 2.14. The van der Waals surface area contributed by atoms with Crippen LogP contribution >= 0.6 is 0 Å². The highest BCUT2D eigenvalue weighted by atomic mass is 16.1. The summed E-state index contributed by atoms with van der Waals surface area (Å²) in [5, 5.41) is 12.4. The number of nitrogens with one attached hydrogen (secondary N) is 3. The highest BCUT2D eigenvalue weighted by Gasteiger charge is 2.04. The van der Waals surface area contributed by atoms with E-state index in [9.17, 15) is 4.79 Å². The fraction of sp³-hybridized carbons (Fsp3) is 0.600. The summed E-state index contributed by atoms with van der Waals surface area (Å²) in [6.07, 6.45) is 2.65. The predicted octanol–water partition coefficient (Wildman–Crippen LogP) is 0.528. The first-order valence-corrected chi connectivity index (χ1v) is 5.25. The van der Waals surface area contributed by atoms with E-state index in [1.165, 1.54) is 0 Å². The molecule has 1 unspecified atom stereocenters. The number of carbonyl (C=O) groups is 1. The van der Waals surface area contributed by atoms with Gasteiger partial charge in [0, 0.05) is 25.3 Å². The van der Waals surface area contributed by atoms with Gasteiger partial charge >= 0.3 is 0 Å². The second-order valence-electron chi connectivity index (χ2n) is 3.49. The van der Waals surface area contributed by atoms with E-state index in [1.807, 2.05) is 0 Å². The first kappa shape index (κ1) is 11.7. The molecule has 1 aromatic rings. The summed E-state index contributed by atoms with van der Waals surface area (Å²) in [4.78, 5) is 11.4. The largest absolute Gasteiger partial charge is 0.349 e. The third-order valence-corrected chi connectivity index (χ3v) is 2.26. The maximum absolute atomic E-state index is 11.4. The van der Waals surface area contributed by atoms with E-state index in [0.29, 0.717) is 18.3 Å². The molecule has 0 bridgehead atoms. The minimum Gasteiger partial charge on any atom is -0.349 e. The number of amides is 1. The molecule has 1 aromatic heterocycles. The number of hydrogen-bond acceptors (Lipinski definition) is 3. The van der Waals surface area contributed by atoms with Crippen molar-refractivity contribution in [2.45, 2.75) is 26.3 Å². The van der Waals surface area contributed by atoms with E-state index in [-0.39, 0.29) is 5.91 Å². The predicted molar refractivity (Wildman–Crippen MR) is 58.7 cm³/mol. The Kier molecular flexibility index (Phi) is 4.83. The number of hydrogen-bond donors (Lipinski definition) is 3. The van der Waals surface area contributed by atoms with Crippen molar-refractivity contribution in [3.05, 3.63) is 18.0 Å².